The van der Waals surface area contributed by atoms with Crippen LogP contribution < -0.4 is 5.84 Å². The summed E-state index contributed by atoms with van der Waals surface area (Å²) in [5.41, 5.74) is -1.39. The van der Waals surface area contributed by atoms with Gasteiger partial charge in [0.15, 0.2) is 5.82 Å². The molecule has 7 nitrogen and oxygen atoms in total. The van der Waals surface area contributed by atoms with Crippen LogP contribution in [0.3, 0.4) is 0 Å². The van der Waals surface area contributed by atoms with Gasteiger partial charge in [0.1, 0.15) is 11.5 Å². The molecule has 2 N–H and O–H groups in total. The molecule has 30 heavy (non-hydrogen) atoms. The number of aliphatic imine (C=N–C) groups is 1. The summed E-state index contributed by atoms with van der Waals surface area (Å²) in [5.74, 6) is 2.65. The largest absolute Gasteiger partial charge is 0.416 e. The van der Waals surface area contributed by atoms with Gasteiger partial charge in [-0.2, -0.15) is 18.3 Å². The molecule has 1 aliphatic rings. The monoisotopic (exact) mass is 426 g/mol. The Balaban J connectivity index is 1.89. The summed E-state index contributed by atoms with van der Waals surface area (Å²) in [6.07, 6.45) is -2.79. The Hall–Kier alpha value is -3.44. The second kappa shape index (κ2) is 8.13. The van der Waals surface area contributed by atoms with Crippen molar-refractivity contribution in [3.05, 3.63) is 53.4 Å². The number of piperidine rings is 1. The normalized spacial score (nSPS) is 20.1. The van der Waals surface area contributed by atoms with Crippen LogP contribution in [0.15, 0.2) is 40.7 Å². The minimum absolute atomic E-state index is 0.0524. The molecule has 1 atom stereocenters. The summed E-state index contributed by atoms with van der Waals surface area (Å²) in [7, 11) is 0. The maximum Gasteiger partial charge on any atom is 0.416 e. The first kappa shape index (κ1) is 21.3. The van der Waals surface area contributed by atoms with E-state index in [1.165, 1.54) is 0 Å². The molecule has 0 bridgehead atoms. The fourth-order valence-corrected chi connectivity index (χ4v) is 2.92. The minimum Gasteiger partial charge on any atom is -0.329 e. The molecule has 0 radical (unpaired) electrons. The number of hydrazone groups is 1. The zero-order valence-electron chi connectivity index (χ0n) is 15.5. The van der Waals surface area contributed by atoms with Gasteiger partial charge in [-0.1, -0.05) is 0 Å². The molecule has 2 aromatic rings. The van der Waals surface area contributed by atoms with Crippen LogP contribution in [0.2, 0.25) is 0 Å². The third kappa shape index (κ3) is 4.42. The number of alkyl halides is 3. The van der Waals surface area contributed by atoms with Gasteiger partial charge in [-0.05, 0) is 25.1 Å². The van der Waals surface area contributed by atoms with Crippen molar-refractivity contribution in [2.24, 2.45) is 15.9 Å². The van der Waals surface area contributed by atoms with Gasteiger partial charge in [0.25, 0.3) is 5.91 Å². The number of nitrogens with zero attached hydrogens (tertiary/aromatic N) is 5. The molecule has 1 aliphatic heterocycles. The predicted octanol–water partition coefficient (Wildman–Crippen LogP) is 3.10. The number of amides is 1. The average Bonchev–Trinajstić information content (AvgIpc) is 2.69. The number of nitrogens with two attached hydrogens (primary N) is 1. The molecule has 2 heterocycles. The summed E-state index contributed by atoms with van der Waals surface area (Å²) >= 11 is 0. The lowest BCUT2D eigenvalue weighted by atomic mass is 9.98. The van der Waals surface area contributed by atoms with Crippen LogP contribution >= 0.6 is 0 Å². The lowest BCUT2D eigenvalue weighted by Gasteiger charge is -2.34. The van der Waals surface area contributed by atoms with E-state index in [0.717, 1.165) is 17.3 Å². The highest BCUT2D eigenvalue weighted by Crippen LogP contribution is 2.31. The van der Waals surface area contributed by atoms with Crippen LogP contribution in [0.1, 0.15) is 29.3 Å². The SMILES string of the molecule is C[C@H]1CC(=Nc2ncc(F)cn2)C(=NN)CN1C(=O)c1cc(C(F)(F)F)ccc1F. The molecule has 1 aromatic carbocycles. The average molecular weight is 426 g/mol. The number of aromatic nitrogens is 2. The van der Waals surface area contributed by atoms with E-state index in [1.54, 1.807) is 6.92 Å². The molecule has 1 saturated heterocycles. The zero-order chi connectivity index (χ0) is 22.1. The third-order valence-corrected chi connectivity index (χ3v) is 4.46. The third-order valence-electron chi connectivity index (χ3n) is 4.46. The van der Waals surface area contributed by atoms with Crippen LogP contribution in [-0.2, 0) is 6.18 Å². The quantitative estimate of drug-likeness (QED) is 0.453. The van der Waals surface area contributed by atoms with Crippen LogP contribution in [0, 0.1) is 11.6 Å². The number of hydrogen-bond acceptors (Lipinski definition) is 6. The van der Waals surface area contributed by atoms with Crippen LogP contribution in [0.5, 0.6) is 0 Å². The van der Waals surface area contributed by atoms with E-state index >= 15 is 0 Å². The van der Waals surface area contributed by atoms with Crippen LogP contribution in [0.4, 0.5) is 27.9 Å². The fraction of sp³-hybridized carbons (Fsp3) is 0.278. The fourth-order valence-electron chi connectivity index (χ4n) is 2.92. The Kier molecular flexibility index (Phi) is 5.76. The van der Waals surface area contributed by atoms with E-state index in [-0.39, 0.29) is 24.6 Å². The molecule has 12 heteroatoms. The van der Waals surface area contributed by atoms with E-state index in [2.05, 4.69) is 20.1 Å². The van der Waals surface area contributed by atoms with Gasteiger partial charge in [-0.25, -0.2) is 23.7 Å². The van der Waals surface area contributed by atoms with E-state index < -0.39 is 40.9 Å². The Morgan fingerprint density at radius 2 is 1.87 bits per heavy atom. The number of benzene rings is 1. The Bertz CT molecular complexity index is 1020. The lowest BCUT2D eigenvalue weighted by molar-refractivity contribution is -0.137. The summed E-state index contributed by atoms with van der Waals surface area (Å²) in [6, 6.07) is 1.06. The Morgan fingerprint density at radius 3 is 2.47 bits per heavy atom. The Morgan fingerprint density at radius 1 is 1.20 bits per heavy atom. The second-order valence-corrected chi connectivity index (χ2v) is 6.51. The van der Waals surface area contributed by atoms with Gasteiger partial charge < -0.3 is 10.7 Å². The van der Waals surface area contributed by atoms with E-state index in [9.17, 15) is 26.7 Å². The van der Waals surface area contributed by atoms with Crippen LogP contribution in [-0.4, -0.2) is 44.8 Å². The Labute approximate surface area is 167 Å². The van der Waals surface area contributed by atoms with Crippen molar-refractivity contribution in [3.8, 4) is 0 Å². The molecular weight excluding hydrogens is 411 g/mol. The van der Waals surface area contributed by atoms with Crippen molar-refractivity contribution in [1.82, 2.24) is 14.9 Å². The highest BCUT2D eigenvalue weighted by molar-refractivity contribution is 6.44. The molecule has 1 amide bonds. The molecular formula is C18H15F5N6O. The first-order chi connectivity index (χ1) is 14.1. The number of halogens is 5. The van der Waals surface area contributed by atoms with Gasteiger partial charge in [0.05, 0.1) is 35.8 Å². The van der Waals surface area contributed by atoms with E-state index in [0.29, 0.717) is 23.9 Å². The van der Waals surface area contributed by atoms with Crippen molar-refractivity contribution < 1.29 is 26.7 Å². The summed E-state index contributed by atoms with van der Waals surface area (Å²) in [6.45, 7) is 1.39. The van der Waals surface area contributed by atoms with Crippen LogP contribution in [0.25, 0.3) is 0 Å². The predicted molar refractivity (Wildman–Crippen MR) is 97.2 cm³/mol. The lowest BCUT2D eigenvalue weighted by Crippen LogP contribution is -2.50. The standard InChI is InChI=1S/C18H15F5N6O/c1-9-4-14(27-17-25-6-11(19)7-26-17)15(28-24)8-29(9)16(30)12-5-10(18(21,22)23)2-3-13(12)20/h2-3,5-7,9H,4,8,24H2,1H3/t9-/m0/s1. The molecule has 0 spiro atoms. The van der Waals surface area contributed by atoms with Crippen molar-refractivity contribution in [3.63, 3.8) is 0 Å². The number of carbonyl (C=O) groups is 1. The zero-order valence-corrected chi connectivity index (χ0v) is 15.5. The number of carbonyl (C=O) groups excluding carboxylic acids is 1. The van der Waals surface area contributed by atoms with Gasteiger partial charge in [-0.3, -0.25) is 4.79 Å². The van der Waals surface area contributed by atoms with Gasteiger partial charge in [0, 0.05) is 12.5 Å². The highest BCUT2D eigenvalue weighted by Gasteiger charge is 2.35. The summed E-state index contributed by atoms with van der Waals surface area (Å²) in [5, 5.41) is 3.57. The smallest absolute Gasteiger partial charge is 0.329 e. The topological polar surface area (TPSA) is 96.8 Å². The maximum atomic E-state index is 14.1. The van der Waals surface area contributed by atoms with Crippen molar-refractivity contribution in [2.75, 3.05) is 6.54 Å². The van der Waals surface area contributed by atoms with Gasteiger partial charge in [-0.15, -0.1) is 0 Å². The van der Waals surface area contributed by atoms with E-state index in [4.69, 9.17) is 5.84 Å². The summed E-state index contributed by atoms with van der Waals surface area (Å²) in [4.78, 5) is 25.5. The molecule has 1 aromatic heterocycles. The molecule has 0 saturated carbocycles. The summed E-state index contributed by atoms with van der Waals surface area (Å²) < 4.78 is 65.9. The maximum absolute atomic E-state index is 14.1. The molecule has 1 fully saturated rings. The minimum atomic E-state index is -4.73. The first-order valence-corrected chi connectivity index (χ1v) is 8.60. The van der Waals surface area contributed by atoms with Crippen molar-refractivity contribution >= 4 is 23.3 Å². The van der Waals surface area contributed by atoms with Gasteiger partial charge >= 0.3 is 6.18 Å². The molecule has 0 unspecified atom stereocenters. The van der Waals surface area contributed by atoms with Gasteiger partial charge in [0.2, 0.25) is 5.95 Å². The van der Waals surface area contributed by atoms with Crippen molar-refractivity contribution in [1.29, 1.82) is 0 Å². The molecule has 158 valence electrons. The van der Waals surface area contributed by atoms with Crippen molar-refractivity contribution in [2.45, 2.75) is 25.6 Å². The second-order valence-electron chi connectivity index (χ2n) is 6.51. The highest BCUT2D eigenvalue weighted by atomic mass is 19.4. The molecule has 0 aliphatic carbocycles. The molecule has 3 rings (SSSR count). The number of rotatable bonds is 2. The van der Waals surface area contributed by atoms with E-state index in [1.807, 2.05) is 0 Å². The number of hydrogen-bond donors (Lipinski definition) is 1. The first-order valence-electron chi connectivity index (χ1n) is 8.60. The number of likely N-dealkylation sites (tertiary alicyclic amines) is 1.